The smallest absolute Gasteiger partial charge is 0.227 e. The molecule has 2 saturated heterocycles. The number of rotatable bonds is 5. The van der Waals surface area contributed by atoms with Crippen molar-refractivity contribution in [2.45, 2.75) is 64.8 Å². The predicted octanol–water partition coefficient (Wildman–Crippen LogP) is 2.04. The number of carbonyl (C=O) groups is 1. The molecule has 1 atom stereocenters. The number of likely N-dealkylation sites (tertiary alicyclic amines) is 1. The molecule has 26 heavy (non-hydrogen) atoms. The van der Waals surface area contributed by atoms with E-state index in [2.05, 4.69) is 54.5 Å². The zero-order valence-electron chi connectivity index (χ0n) is 16.3. The molecule has 2 aliphatic rings. The maximum absolute atomic E-state index is 12.8. The van der Waals surface area contributed by atoms with Crippen LogP contribution in [0.5, 0.6) is 0 Å². The van der Waals surface area contributed by atoms with Crippen LogP contribution in [0.25, 0.3) is 0 Å². The predicted molar refractivity (Wildman–Crippen MR) is 104 cm³/mol. The first kappa shape index (κ1) is 19.3. The largest absolute Gasteiger partial charge is 0.393 e. The van der Waals surface area contributed by atoms with Gasteiger partial charge < -0.3 is 15.7 Å². The summed E-state index contributed by atoms with van der Waals surface area (Å²) in [7, 11) is 0. The van der Waals surface area contributed by atoms with Gasteiger partial charge in [-0.15, -0.1) is 0 Å². The molecule has 2 fully saturated rings. The van der Waals surface area contributed by atoms with Crippen molar-refractivity contribution in [3.8, 4) is 0 Å². The number of carbonyl (C=O) groups excluding carboxylic acids is 1. The highest BCUT2D eigenvalue weighted by Gasteiger charge is 2.44. The van der Waals surface area contributed by atoms with E-state index >= 15 is 0 Å². The Morgan fingerprint density at radius 1 is 1.23 bits per heavy atom. The lowest BCUT2D eigenvalue weighted by atomic mass is 9.83. The fraction of sp³-hybridized carbons (Fsp3) is 0.667. The molecule has 5 heteroatoms. The first-order valence-electron chi connectivity index (χ1n) is 9.78. The Morgan fingerprint density at radius 3 is 2.50 bits per heavy atom. The van der Waals surface area contributed by atoms with Crippen molar-refractivity contribution in [2.75, 3.05) is 19.6 Å². The van der Waals surface area contributed by atoms with Gasteiger partial charge in [-0.1, -0.05) is 24.3 Å². The molecule has 3 rings (SSSR count). The molecular formula is C21H33N3O2. The van der Waals surface area contributed by atoms with E-state index in [9.17, 15) is 9.90 Å². The summed E-state index contributed by atoms with van der Waals surface area (Å²) in [6.45, 7) is 10.4. The van der Waals surface area contributed by atoms with Crippen LogP contribution in [0.3, 0.4) is 0 Å². The van der Waals surface area contributed by atoms with Crippen LogP contribution in [-0.4, -0.2) is 47.2 Å². The second-order valence-electron chi connectivity index (χ2n) is 8.93. The lowest BCUT2D eigenvalue weighted by Crippen LogP contribution is -2.40. The monoisotopic (exact) mass is 359 g/mol. The Morgan fingerprint density at radius 2 is 1.88 bits per heavy atom. The first-order chi connectivity index (χ1) is 12.3. The Bertz CT molecular complexity index is 638. The van der Waals surface area contributed by atoms with E-state index in [1.807, 2.05) is 6.07 Å². The molecule has 0 saturated carbocycles. The summed E-state index contributed by atoms with van der Waals surface area (Å²) in [6, 6.07) is 8.35. The Labute approximate surface area is 157 Å². The number of aliphatic hydroxyl groups excluding tert-OH is 1. The minimum Gasteiger partial charge on any atom is -0.393 e. The molecule has 1 aromatic carbocycles. The van der Waals surface area contributed by atoms with E-state index in [1.54, 1.807) is 0 Å². The normalized spacial score (nSPS) is 26.8. The number of nitrogens with zero attached hydrogens (tertiary/aromatic N) is 1. The first-order valence-corrected chi connectivity index (χ1v) is 9.78. The molecule has 0 aromatic heterocycles. The lowest BCUT2D eigenvalue weighted by molar-refractivity contribution is -0.129. The Hall–Kier alpha value is -1.43. The van der Waals surface area contributed by atoms with Crippen molar-refractivity contribution < 1.29 is 9.90 Å². The highest BCUT2D eigenvalue weighted by atomic mass is 16.3. The van der Waals surface area contributed by atoms with Crippen molar-refractivity contribution in [3.05, 3.63) is 35.4 Å². The average molecular weight is 360 g/mol. The van der Waals surface area contributed by atoms with Crippen LogP contribution in [-0.2, 0) is 17.9 Å². The molecule has 3 N–H and O–H groups in total. The van der Waals surface area contributed by atoms with Crippen LogP contribution in [0.2, 0.25) is 0 Å². The average Bonchev–Trinajstić information content (AvgIpc) is 2.90. The quantitative estimate of drug-likeness (QED) is 0.753. The number of amides is 1. The van der Waals surface area contributed by atoms with Gasteiger partial charge in [-0.05, 0) is 51.2 Å². The molecule has 0 bridgehead atoms. The van der Waals surface area contributed by atoms with Crippen LogP contribution in [0.4, 0.5) is 0 Å². The van der Waals surface area contributed by atoms with Gasteiger partial charge in [-0.3, -0.25) is 9.69 Å². The maximum Gasteiger partial charge on any atom is 0.227 e. The fourth-order valence-electron chi connectivity index (χ4n) is 4.29. The van der Waals surface area contributed by atoms with Crippen LogP contribution in [0.15, 0.2) is 24.3 Å². The molecule has 5 nitrogen and oxygen atoms in total. The van der Waals surface area contributed by atoms with Gasteiger partial charge in [-0.2, -0.15) is 0 Å². The van der Waals surface area contributed by atoms with Crippen molar-refractivity contribution >= 4 is 5.91 Å². The number of hydrogen-bond acceptors (Lipinski definition) is 4. The van der Waals surface area contributed by atoms with Crippen molar-refractivity contribution in [1.29, 1.82) is 0 Å². The van der Waals surface area contributed by atoms with E-state index in [0.717, 1.165) is 45.4 Å². The third kappa shape index (κ3) is 4.64. The maximum atomic E-state index is 12.8. The zero-order chi connectivity index (χ0) is 18.8. The minimum absolute atomic E-state index is 0.0167. The molecule has 144 valence electrons. The van der Waals surface area contributed by atoms with Crippen LogP contribution in [0, 0.1) is 5.41 Å². The molecule has 1 unspecified atom stereocenters. The van der Waals surface area contributed by atoms with Crippen molar-refractivity contribution in [2.24, 2.45) is 5.41 Å². The van der Waals surface area contributed by atoms with Gasteiger partial charge in [0, 0.05) is 38.3 Å². The van der Waals surface area contributed by atoms with E-state index in [-0.39, 0.29) is 23.0 Å². The summed E-state index contributed by atoms with van der Waals surface area (Å²) in [5.41, 5.74) is 2.12. The number of hydrogen-bond donors (Lipinski definition) is 3. The Kier molecular flexibility index (Phi) is 5.70. The fourth-order valence-corrected chi connectivity index (χ4v) is 4.29. The van der Waals surface area contributed by atoms with E-state index in [4.69, 9.17) is 0 Å². The third-order valence-electron chi connectivity index (χ3n) is 5.85. The number of piperidine rings is 1. The molecule has 2 heterocycles. The lowest BCUT2D eigenvalue weighted by Gasteiger charge is -2.30. The second kappa shape index (κ2) is 7.67. The van der Waals surface area contributed by atoms with Crippen molar-refractivity contribution in [3.63, 3.8) is 0 Å². The van der Waals surface area contributed by atoms with Gasteiger partial charge in [-0.25, -0.2) is 0 Å². The minimum atomic E-state index is -0.346. The Balaban J connectivity index is 1.59. The number of nitrogens with one attached hydrogen (secondary N) is 2. The topological polar surface area (TPSA) is 64.6 Å². The molecular weight excluding hydrogens is 326 g/mol. The summed E-state index contributed by atoms with van der Waals surface area (Å²) >= 11 is 0. The standard InChI is InChI=1S/C21H33N3O2/c1-20(2)14-21(3,15-23-20)19(26)22-12-16-6-4-5-7-17(16)13-24-10-8-18(25)9-11-24/h4-7,18,23,25H,8-15H2,1-3H3,(H,22,26). The second-order valence-corrected chi connectivity index (χ2v) is 8.93. The van der Waals surface area contributed by atoms with Crippen LogP contribution in [0.1, 0.15) is 51.2 Å². The van der Waals surface area contributed by atoms with Gasteiger partial charge in [0.2, 0.25) is 5.91 Å². The SMILES string of the molecule is CC1(C)CC(C)(C(=O)NCc2ccccc2CN2CCC(O)CC2)CN1. The molecule has 2 aliphatic heterocycles. The van der Waals surface area contributed by atoms with E-state index in [0.29, 0.717) is 6.54 Å². The van der Waals surface area contributed by atoms with Gasteiger partial charge in [0.25, 0.3) is 0 Å². The van der Waals surface area contributed by atoms with E-state index in [1.165, 1.54) is 11.1 Å². The summed E-state index contributed by atoms with van der Waals surface area (Å²) in [5, 5.41) is 16.3. The summed E-state index contributed by atoms with van der Waals surface area (Å²) in [4.78, 5) is 15.2. The third-order valence-corrected chi connectivity index (χ3v) is 5.85. The van der Waals surface area contributed by atoms with E-state index < -0.39 is 0 Å². The highest BCUT2D eigenvalue weighted by molar-refractivity contribution is 5.83. The molecule has 0 aliphatic carbocycles. The number of aliphatic hydroxyl groups is 1. The van der Waals surface area contributed by atoms with Gasteiger partial charge in [0.1, 0.15) is 0 Å². The summed E-state index contributed by atoms with van der Waals surface area (Å²) in [5.74, 6) is 0.131. The zero-order valence-corrected chi connectivity index (χ0v) is 16.3. The van der Waals surface area contributed by atoms with Gasteiger partial charge in [0.05, 0.1) is 11.5 Å². The highest BCUT2D eigenvalue weighted by Crippen LogP contribution is 2.34. The van der Waals surface area contributed by atoms with Gasteiger partial charge in [0.15, 0.2) is 0 Å². The van der Waals surface area contributed by atoms with Gasteiger partial charge >= 0.3 is 0 Å². The summed E-state index contributed by atoms with van der Waals surface area (Å²) in [6.07, 6.45) is 2.40. The van der Waals surface area contributed by atoms with Crippen molar-refractivity contribution in [1.82, 2.24) is 15.5 Å². The van der Waals surface area contributed by atoms with Crippen LogP contribution < -0.4 is 10.6 Å². The molecule has 1 amide bonds. The summed E-state index contributed by atoms with van der Waals surface area (Å²) < 4.78 is 0. The molecule has 0 radical (unpaired) electrons. The molecule has 1 aromatic rings. The van der Waals surface area contributed by atoms with Crippen LogP contribution >= 0.6 is 0 Å². The number of benzene rings is 1. The molecule has 0 spiro atoms.